The Morgan fingerprint density at radius 3 is 1.73 bits per heavy atom. The first-order valence-electron chi connectivity index (χ1n) is 17.2. The molecule has 0 radical (unpaired) electrons. The molecule has 0 saturated heterocycles. The van der Waals surface area contributed by atoms with E-state index in [1.54, 1.807) is 24.2 Å². The Bertz CT molecular complexity index is 1740. The van der Waals surface area contributed by atoms with Crippen molar-refractivity contribution in [3.63, 3.8) is 0 Å². The van der Waals surface area contributed by atoms with Crippen molar-refractivity contribution in [2.24, 2.45) is 0 Å². The van der Waals surface area contributed by atoms with Crippen LogP contribution in [0.1, 0.15) is 104 Å². The summed E-state index contributed by atoms with van der Waals surface area (Å²) in [6.45, 7) is 26.5. The second-order valence-electron chi connectivity index (χ2n) is 14.9. The Morgan fingerprint density at radius 2 is 1.24 bits per heavy atom. The van der Waals surface area contributed by atoms with Gasteiger partial charge in [-0.3, -0.25) is 0 Å². The van der Waals surface area contributed by atoms with E-state index in [0.717, 1.165) is 6.42 Å². The first kappa shape index (κ1) is 42.7. The molecule has 0 aliphatic heterocycles. The maximum atomic E-state index is 3.78. The summed E-state index contributed by atoms with van der Waals surface area (Å²) in [4.78, 5) is 0. The van der Waals surface area contributed by atoms with Gasteiger partial charge in [0.25, 0.3) is 0 Å². The smallest absolute Gasteiger partial charge is 0.0125 e. The van der Waals surface area contributed by atoms with Crippen molar-refractivity contribution >= 4 is 3.21 Å². The van der Waals surface area contributed by atoms with Gasteiger partial charge < -0.3 is 24.8 Å². The normalized spacial score (nSPS) is 11.1. The quantitative estimate of drug-likeness (QED) is 0.177. The molecule has 1 aliphatic carbocycles. The molecule has 5 aromatic carbocycles. The van der Waals surface area contributed by atoms with Gasteiger partial charge in [0.1, 0.15) is 0 Å². The van der Waals surface area contributed by atoms with Gasteiger partial charge in [0, 0.05) is 0 Å². The van der Waals surface area contributed by atoms with E-state index in [9.17, 15) is 0 Å². The third-order valence-corrected chi connectivity index (χ3v) is 8.92. The van der Waals surface area contributed by atoms with Crippen LogP contribution in [0.5, 0.6) is 0 Å². The first-order valence-corrected chi connectivity index (χ1v) is 18.4. The van der Waals surface area contributed by atoms with Gasteiger partial charge >= 0.3 is 41.3 Å². The molecule has 258 valence electrons. The SMILES string of the molecule is CCCc1cc(C(C)(C)C)c[cH-]1.C[C](C)=[Zr+2].Cc1cc(C)c(-c2[c-]c3c(cc2)-c2ccc(-c4c(C)cc(C)cc4C)cc2C3)c(C)c1.[Cl-].[Cl-]. The van der Waals surface area contributed by atoms with Gasteiger partial charge in [-0.25, -0.2) is 6.07 Å². The van der Waals surface area contributed by atoms with Crippen molar-refractivity contribution < 1.29 is 49.0 Å². The Hall–Kier alpha value is -2.44. The molecular formula is C46H54Cl2Zr-2. The maximum Gasteiger partial charge on any atom is -0.0125 e. The van der Waals surface area contributed by atoms with Crippen LogP contribution in [-0.4, -0.2) is 3.21 Å². The molecule has 3 heteroatoms. The number of hydrogen-bond acceptors (Lipinski definition) is 0. The Labute approximate surface area is 325 Å². The van der Waals surface area contributed by atoms with E-state index in [-0.39, 0.29) is 24.8 Å². The maximum absolute atomic E-state index is 3.78. The summed E-state index contributed by atoms with van der Waals surface area (Å²) in [6, 6.07) is 31.3. The number of hydrogen-bond donors (Lipinski definition) is 0. The number of fused-ring (bicyclic) bond motifs is 3. The van der Waals surface area contributed by atoms with Crippen LogP contribution in [0.15, 0.2) is 72.8 Å². The topological polar surface area (TPSA) is 0 Å². The van der Waals surface area contributed by atoms with Crippen LogP contribution in [0.2, 0.25) is 0 Å². The standard InChI is InChI=1S/C31H29.C12H19.C3H6.2ClH.Zr/c1-18-11-20(3)30(21(4)12-18)24-7-9-28-26(15-24)17-27-16-25(8-10-29(27)28)31-22(5)13-19(2)14-23(31)6;1-5-6-10-7-8-11(9-10)12(2,3)4;1-3-2;;;/h7-15H,17H2,1-6H3;7-9H,5-6H2,1-4H3;1-2H3;2*1H;/q2*-1;;;;+2/p-2. The van der Waals surface area contributed by atoms with Crippen LogP contribution in [0, 0.1) is 47.6 Å². The fraction of sp³-hybridized carbons (Fsp3) is 0.348. The molecule has 0 N–H and O–H groups in total. The van der Waals surface area contributed by atoms with Gasteiger partial charge in [-0.15, -0.1) is 29.3 Å². The van der Waals surface area contributed by atoms with Crippen molar-refractivity contribution in [1.82, 2.24) is 0 Å². The number of rotatable bonds is 4. The molecule has 1 aliphatic rings. The molecule has 0 bridgehead atoms. The number of benzene rings is 4. The molecule has 0 nitrogen and oxygen atoms in total. The molecule has 0 heterocycles. The average molecular weight is 769 g/mol. The predicted octanol–water partition coefficient (Wildman–Crippen LogP) is 6.65. The molecule has 0 unspecified atom stereocenters. The largest absolute Gasteiger partial charge is 1.00 e. The minimum absolute atomic E-state index is 0. The van der Waals surface area contributed by atoms with Gasteiger partial charge in [-0.2, -0.15) is 23.3 Å². The summed E-state index contributed by atoms with van der Waals surface area (Å²) in [5, 5.41) is 0. The van der Waals surface area contributed by atoms with Gasteiger partial charge in [0.2, 0.25) is 0 Å². The van der Waals surface area contributed by atoms with E-state index in [1.165, 1.54) is 105 Å². The molecule has 0 amide bonds. The number of halogens is 2. The van der Waals surface area contributed by atoms with Crippen molar-refractivity contribution in [3.05, 3.63) is 134 Å². The van der Waals surface area contributed by atoms with Crippen LogP contribution in [0.4, 0.5) is 0 Å². The van der Waals surface area contributed by atoms with Gasteiger partial charge in [-0.05, 0) is 75.8 Å². The summed E-state index contributed by atoms with van der Waals surface area (Å²) in [7, 11) is 0. The molecular weight excluding hydrogens is 715 g/mol. The van der Waals surface area contributed by atoms with Crippen molar-refractivity contribution in [3.8, 4) is 33.4 Å². The van der Waals surface area contributed by atoms with Gasteiger partial charge in [-0.1, -0.05) is 127 Å². The molecule has 6 rings (SSSR count). The Morgan fingerprint density at radius 1 is 0.735 bits per heavy atom. The van der Waals surface area contributed by atoms with E-state index in [1.807, 2.05) is 0 Å². The number of aryl methyl sites for hydroxylation is 7. The van der Waals surface area contributed by atoms with E-state index < -0.39 is 0 Å². The van der Waals surface area contributed by atoms with Crippen molar-refractivity contribution in [2.45, 2.75) is 108 Å². The third-order valence-electron chi connectivity index (χ3n) is 8.92. The zero-order valence-electron chi connectivity index (χ0n) is 31.8. The average Bonchev–Trinajstić information content (AvgIpc) is 3.56. The van der Waals surface area contributed by atoms with Crippen molar-refractivity contribution in [2.75, 3.05) is 0 Å². The van der Waals surface area contributed by atoms with E-state index in [0.29, 0.717) is 5.41 Å². The van der Waals surface area contributed by atoms with Crippen LogP contribution in [-0.2, 0) is 42.5 Å². The van der Waals surface area contributed by atoms with Crippen LogP contribution >= 0.6 is 0 Å². The second kappa shape index (κ2) is 18.2. The van der Waals surface area contributed by atoms with Crippen molar-refractivity contribution in [1.29, 1.82) is 0 Å². The zero-order chi connectivity index (χ0) is 34.6. The van der Waals surface area contributed by atoms with Crippen LogP contribution < -0.4 is 24.8 Å². The molecule has 0 atom stereocenters. The molecule has 0 fully saturated rings. The minimum Gasteiger partial charge on any atom is -1.00 e. The second-order valence-corrected chi connectivity index (χ2v) is 17.3. The Kier molecular flexibility index (Phi) is 15.8. The Balaban J connectivity index is 0.000000389. The minimum atomic E-state index is 0. The predicted molar refractivity (Wildman–Crippen MR) is 204 cm³/mol. The third kappa shape index (κ3) is 10.8. The van der Waals surface area contributed by atoms with E-state index in [2.05, 4.69) is 162 Å². The zero-order valence-corrected chi connectivity index (χ0v) is 35.8. The van der Waals surface area contributed by atoms with Gasteiger partial charge in [0.15, 0.2) is 0 Å². The fourth-order valence-corrected chi connectivity index (χ4v) is 7.07. The summed E-state index contributed by atoms with van der Waals surface area (Å²) in [5.74, 6) is 0. The molecule has 0 aromatic heterocycles. The van der Waals surface area contributed by atoms with E-state index in [4.69, 9.17) is 0 Å². The van der Waals surface area contributed by atoms with Gasteiger partial charge in [0.05, 0.1) is 0 Å². The summed E-state index contributed by atoms with van der Waals surface area (Å²) >= 11 is 1.55. The summed E-state index contributed by atoms with van der Waals surface area (Å²) in [6.07, 6.45) is 3.42. The fourth-order valence-electron chi connectivity index (χ4n) is 7.07. The molecule has 5 aromatic rings. The molecule has 49 heavy (non-hydrogen) atoms. The monoisotopic (exact) mass is 766 g/mol. The molecule has 0 spiro atoms. The van der Waals surface area contributed by atoms with Crippen LogP contribution in [0.3, 0.4) is 0 Å². The first-order chi connectivity index (χ1) is 22.1. The van der Waals surface area contributed by atoms with Crippen LogP contribution in [0.25, 0.3) is 33.4 Å². The van der Waals surface area contributed by atoms with E-state index >= 15 is 0 Å². The summed E-state index contributed by atoms with van der Waals surface area (Å²) in [5.41, 5.74) is 22.0. The molecule has 0 saturated carbocycles. The summed E-state index contributed by atoms with van der Waals surface area (Å²) < 4.78 is 1.51.